The van der Waals surface area contributed by atoms with Crippen molar-refractivity contribution in [3.8, 4) is 0 Å². The smallest absolute Gasteiger partial charge is 0.253 e. The molecule has 0 bridgehead atoms. The van der Waals surface area contributed by atoms with Gasteiger partial charge in [0.1, 0.15) is 17.6 Å². The second-order valence-corrected chi connectivity index (χ2v) is 7.95. The summed E-state index contributed by atoms with van der Waals surface area (Å²) in [6.07, 6.45) is -0.231. The minimum Gasteiger partial charge on any atom is -0.365 e. The average Bonchev–Trinajstić information content (AvgIpc) is 3.21. The maximum atomic E-state index is 13.5. The molecular formula is C23H24FN5O2. The van der Waals surface area contributed by atoms with Gasteiger partial charge < -0.3 is 9.64 Å². The Morgan fingerprint density at radius 1 is 1.06 bits per heavy atom. The molecule has 0 saturated carbocycles. The van der Waals surface area contributed by atoms with Crippen molar-refractivity contribution in [1.82, 2.24) is 24.8 Å². The largest absolute Gasteiger partial charge is 0.365 e. The van der Waals surface area contributed by atoms with Crippen LogP contribution in [0, 0.1) is 5.82 Å². The molecule has 31 heavy (non-hydrogen) atoms. The van der Waals surface area contributed by atoms with Gasteiger partial charge in [-0.1, -0.05) is 35.5 Å². The predicted molar refractivity (Wildman–Crippen MR) is 112 cm³/mol. The highest BCUT2D eigenvalue weighted by Gasteiger charge is 2.27. The van der Waals surface area contributed by atoms with E-state index in [2.05, 4.69) is 15.2 Å². The Labute approximate surface area is 180 Å². The van der Waals surface area contributed by atoms with E-state index in [1.165, 1.54) is 12.1 Å². The first-order valence-electron chi connectivity index (χ1n) is 10.5. The standard InChI is InChI=1S/C23H24FN5O2/c24-19-8-4-7-18(13-19)22-15-29-21(16-31-22)20(25-26-29)14-27-9-11-28(12-10-27)23(30)17-5-2-1-3-6-17/h1-8,13,22H,9-12,14-16H2/t22-/m0/s1. The maximum Gasteiger partial charge on any atom is 0.253 e. The summed E-state index contributed by atoms with van der Waals surface area (Å²) in [6.45, 7) is 4.55. The van der Waals surface area contributed by atoms with Gasteiger partial charge in [0.2, 0.25) is 0 Å². The van der Waals surface area contributed by atoms with E-state index in [4.69, 9.17) is 4.74 Å². The second kappa shape index (κ2) is 8.56. The lowest BCUT2D eigenvalue weighted by Gasteiger charge is -2.34. The zero-order chi connectivity index (χ0) is 21.2. The van der Waals surface area contributed by atoms with Crippen molar-refractivity contribution in [2.24, 2.45) is 0 Å². The number of benzene rings is 2. The third-order valence-corrected chi connectivity index (χ3v) is 5.95. The molecule has 2 aliphatic heterocycles. The Bertz CT molecular complexity index is 1060. The van der Waals surface area contributed by atoms with Gasteiger partial charge in [-0.25, -0.2) is 9.07 Å². The monoisotopic (exact) mass is 421 g/mol. The highest BCUT2D eigenvalue weighted by molar-refractivity contribution is 5.94. The minimum absolute atomic E-state index is 0.0816. The first kappa shape index (κ1) is 19.8. The Balaban J connectivity index is 1.19. The third-order valence-electron chi connectivity index (χ3n) is 5.95. The summed E-state index contributed by atoms with van der Waals surface area (Å²) in [6, 6.07) is 15.9. The third kappa shape index (κ3) is 4.22. The van der Waals surface area contributed by atoms with Crippen LogP contribution in [-0.2, 0) is 24.4 Å². The minimum atomic E-state index is -0.268. The van der Waals surface area contributed by atoms with Crippen molar-refractivity contribution in [2.75, 3.05) is 26.2 Å². The van der Waals surface area contributed by atoms with Crippen molar-refractivity contribution >= 4 is 5.91 Å². The molecule has 3 heterocycles. The summed E-state index contributed by atoms with van der Waals surface area (Å²) in [7, 11) is 0. The molecule has 1 atom stereocenters. The topological polar surface area (TPSA) is 63.5 Å². The number of nitrogens with zero attached hydrogens (tertiary/aromatic N) is 5. The number of carbonyl (C=O) groups excluding carboxylic acids is 1. The van der Waals surface area contributed by atoms with Crippen LogP contribution in [0.4, 0.5) is 4.39 Å². The number of hydrogen-bond donors (Lipinski definition) is 0. The van der Waals surface area contributed by atoms with Crippen LogP contribution < -0.4 is 0 Å². The van der Waals surface area contributed by atoms with Gasteiger partial charge in [-0.05, 0) is 29.8 Å². The summed E-state index contributed by atoms with van der Waals surface area (Å²) < 4.78 is 21.4. The van der Waals surface area contributed by atoms with Gasteiger partial charge >= 0.3 is 0 Å². The van der Waals surface area contributed by atoms with Crippen LogP contribution in [0.2, 0.25) is 0 Å². The first-order chi connectivity index (χ1) is 15.2. The van der Waals surface area contributed by atoms with Crippen LogP contribution >= 0.6 is 0 Å². The Morgan fingerprint density at radius 2 is 1.87 bits per heavy atom. The molecule has 0 aliphatic carbocycles. The molecule has 7 nitrogen and oxygen atoms in total. The van der Waals surface area contributed by atoms with E-state index in [0.717, 1.165) is 35.6 Å². The highest BCUT2D eigenvalue weighted by Crippen LogP contribution is 2.27. The fraction of sp³-hybridized carbons (Fsp3) is 0.348. The van der Waals surface area contributed by atoms with E-state index in [-0.39, 0.29) is 17.8 Å². The molecule has 5 rings (SSSR count). The van der Waals surface area contributed by atoms with Crippen LogP contribution in [0.5, 0.6) is 0 Å². The van der Waals surface area contributed by atoms with E-state index in [9.17, 15) is 9.18 Å². The van der Waals surface area contributed by atoms with Gasteiger partial charge in [-0.2, -0.15) is 0 Å². The number of ether oxygens (including phenoxy) is 1. The van der Waals surface area contributed by atoms with E-state index >= 15 is 0 Å². The number of piperazine rings is 1. The van der Waals surface area contributed by atoms with E-state index in [1.807, 2.05) is 46.0 Å². The van der Waals surface area contributed by atoms with Gasteiger partial charge in [0, 0.05) is 38.3 Å². The predicted octanol–water partition coefficient (Wildman–Crippen LogP) is 2.65. The van der Waals surface area contributed by atoms with Crippen LogP contribution in [0.25, 0.3) is 0 Å². The average molecular weight is 421 g/mol. The Morgan fingerprint density at radius 3 is 2.65 bits per heavy atom. The molecule has 0 radical (unpaired) electrons. The normalized spacial score (nSPS) is 19.3. The van der Waals surface area contributed by atoms with Crippen LogP contribution in [-0.4, -0.2) is 56.9 Å². The lowest BCUT2D eigenvalue weighted by molar-refractivity contribution is -0.00236. The number of halogens is 1. The summed E-state index contributed by atoms with van der Waals surface area (Å²) >= 11 is 0. The van der Waals surface area contributed by atoms with E-state index in [1.54, 1.807) is 6.07 Å². The van der Waals surface area contributed by atoms with Crippen molar-refractivity contribution < 1.29 is 13.9 Å². The summed E-state index contributed by atoms with van der Waals surface area (Å²) in [5, 5.41) is 8.68. The molecule has 0 spiro atoms. The van der Waals surface area contributed by atoms with E-state index in [0.29, 0.717) is 32.8 Å². The lowest BCUT2D eigenvalue weighted by atomic mass is 10.1. The number of hydrogen-bond acceptors (Lipinski definition) is 5. The molecule has 1 fully saturated rings. The van der Waals surface area contributed by atoms with Gasteiger partial charge in [0.25, 0.3) is 5.91 Å². The fourth-order valence-electron chi connectivity index (χ4n) is 4.18. The molecule has 0 unspecified atom stereocenters. The van der Waals surface area contributed by atoms with Crippen LogP contribution in [0.1, 0.15) is 33.4 Å². The molecule has 1 aromatic heterocycles. The molecule has 2 aliphatic rings. The van der Waals surface area contributed by atoms with Gasteiger partial charge in [-0.15, -0.1) is 5.10 Å². The molecule has 1 saturated heterocycles. The first-order valence-corrected chi connectivity index (χ1v) is 10.5. The summed E-state index contributed by atoms with van der Waals surface area (Å²) in [4.78, 5) is 16.8. The number of fused-ring (bicyclic) bond motifs is 1. The van der Waals surface area contributed by atoms with Gasteiger partial charge in [-0.3, -0.25) is 9.69 Å². The highest BCUT2D eigenvalue weighted by atomic mass is 19.1. The Hall–Kier alpha value is -3.10. The lowest BCUT2D eigenvalue weighted by Crippen LogP contribution is -2.48. The van der Waals surface area contributed by atoms with E-state index < -0.39 is 0 Å². The van der Waals surface area contributed by atoms with Gasteiger partial charge in [0.15, 0.2) is 0 Å². The van der Waals surface area contributed by atoms with Gasteiger partial charge in [0.05, 0.1) is 18.8 Å². The molecule has 2 aromatic carbocycles. The van der Waals surface area contributed by atoms with Crippen molar-refractivity contribution in [3.05, 3.63) is 82.9 Å². The summed E-state index contributed by atoms with van der Waals surface area (Å²) in [5.41, 5.74) is 3.41. The molecule has 0 N–H and O–H groups in total. The second-order valence-electron chi connectivity index (χ2n) is 7.95. The molecule has 1 amide bonds. The Kier molecular flexibility index (Phi) is 5.48. The number of amides is 1. The quantitative estimate of drug-likeness (QED) is 0.648. The van der Waals surface area contributed by atoms with Crippen LogP contribution in [0.3, 0.4) is 0 Å². The molecule has 160 valence electrons. The summed E-state index contributed by atoms with van der Waals surface area (Å²) in [5.74, 6) is -0.186. The molecule has 3 aromatic rings. The maximum absolute atomic E-state index is 13.5. The zero-order valence-corrected chi connectivity index (χ0v) is 17.2. The molecular weight excluding hydrogens is 397 g/mol. The zero-order valence-electron chi connectivity index (χ0n) is 17.2. The fourth-order valence-corrected chi connectivity index (χ4v) is 4.18. The van der Waals surface area contributed by atoms with Crippen LogP contribution in [0.15, 0.2) is 54.6 Å². The number of carbonyl (C=O) groups is 1. The van der Waals surface area contributed by atoms with Crippen molar-refractivity contribution in [2.45, 2.75) is 25.8 Å². The van der Waals surface area contributed by atoms with Crippen molar-refractivity contribution in [3.63, 3.8) is 0 Å². The SMILES string of the molecule is O=C(c1ccccc1)N1CCN(Cc2nnn3c2CO[C@H](c2cccc(F)c2)C3)CC1. The van der Waals surface area contributed by atoms with Crippen molar-refractivity contribution in [1.29, 1.82) is 0 Å². The number of rotatable bonds is 4. The molecule has 8 heteroatoms. The number of aromatic nitrogens is 3.